The van der Waals surface area contributed by atoms with E-state index in [1.54, 1.807) is 12.3 Å². The van der Waals surface area contributed by atoms with E-state index in [0.717, 1.165) is 16.9 Å². The number of amides is 1. The zero-order chi connectivity index (χ0) is 18.8. The van der Waals surface area contributed by atoms with Gasteiger partial charge in [0.2, 0.25) is 0 Å². The summed E-state index contributed by atoms with van der Waals surface area (Å²) in [6.45, 7) is 8.10. The maximum absolute atomic E-state index is 12.9. The van der Waals surface area contributed by atoms with Gasteiger partial charge >= 0.3 is 0 Å². The summed E-state index contributed by atoms with van der Waals surface area (Å²) in [5.41, 5.74) is 5.24. The first-order chi connectivity index (χ1) is 12.4. The lowest BCUT2D eigenvalue weighted by Crippen LogP contribution is -2.16. The van der Waals surface area contributed by atoms with E-state index >= 15 is 0 Å². The summed E-state index contributed by atoms with van der Waals surface area (Å²) in [6, 6.07) is 13.5. The molecule has 3 aromatic rings. The summed E-state index contributed by atoms with van der Waals surface area (Å²) >= 11 is 6.06. The van der Waals surface area contributed by atoms with Crippen molar-refractivity contribution < 1.29 is 4.79 Å². The smallest absolute Gasteiger partial charge is 0.259 e. The molecule has 1 heterocycles. The molecule has 0 saturated heterocycles. The molecule has 5 heteroatoms. The summed E-state index contributed by atoms with van der Waals surface area (Å²) in [5, 5.41) is 8.02. The van der Waals surface area contributed by atoms with Crippen molar-refractivity contribution in [3.63, 3.8) is 0 Å². The molecule has 1 N–H and O–H groups in total. The standard InChI is InChI=1S/C21H22ClN3O/c1-13(2)20-18(12-23-25(20)17-9-5-14(3)6-10-17)21(26)24-19-11-16(22)8-7-15(19)4/h5-13H,1-4H3,(H,24,26). The van der Waals surface area contributed by atoms with Crippen LogP contribution in [0.2, 0.25) is 5.02 Å². The molecule has 0 aliphatic rings. The number of carbonyl (C=O) groups is 1. The molecule has 0 spiro atoms. The Morgan fingerprint density at radius 1 is 1.12 bits per heavy atom. The van der Waals surface area contributed by atoms with Crippen LogP contribution >= 0.6 is 11.6 Å². The molecular formula is C21H22ClN3O. The van der Waals surface area contributed by atoms with Crippen LogP contribution in [0.4, 0.5) is 5.69 Å². The second-order valence-electron chi connectivity index (χ2n) is 6.76. The molecular weight excluding hydrogens is 346 g/mol. The molecule has 3 rings (SSSR count). The Morgan fingerprint density at radius 2 is 1.81 bits per heavy atom. The zero-order valence-corrected chi connectivity index (χ0v) is 16.1. The van der Waals surface area contributed by atoms with Gasteiger partial charge in [-0.25, -0.2) is 4.68 Å². The maximum atomic E-state index is 12.9. The van der Waals surface area contributed by atoms with Gasteiger partial charge in [-0.1, -0.05) is 49.2 Å². The topological polar surface area (TPSA) is 46.9 Å². The fraction of sp³-hybridized carbons (Fsp3) is 0.238. The van der Waals surface area contributed by atoms with Crippen LogP contribution in [0.5, 0.6) is 0 Å². The Hall–Kier alpha value is -2.59. The first-order valence-corrected chi connectivity index (χ1v) is 8.97. The first kappa shape index (κ1) is 18.2. The molecule has 134 valence electrons. The molecule has 0 aliphatic heterocycles. The van der Waals surface area contributed by atoms with E-state index in [9.17, 15) is 4.79 Å². The van der Waals surface area contributed by atoms with E-state index in [-0.39, 0.29) is 11.8 Å². The van der Waals surface area contributed by atoms with Crippen LogP contribution in [-0.4, -0.2) is 15.7 Å². The van der Waals surface area contributed by atoms with Crippen LogP contribution in [0.15, 0.2) is 48.7 Å². The summed E-state index contributed by atoms with van der Waals surface area (Å²) < 4.78 is 1.84. The van der Waals surface area contributed by atoms with Crippen molar-refractivity contribution >= 4 is 23.2 Å². The zero-order valence-electron chi connectivity index (χ0n) is 15.4. The average Bonchev–Trinajstić information content (AvgIpc) is 3.04. The number of nitrogens with zero attached hydrogens (tertiary/aromatic N) is 2. The summed E-state index contributed by atoms with van der Waals surface area (Å²) in [7, 11) is 0. The van der Waals surface area contributed by atoms with Gasteiger partial charge < -0.3 is 5.32 Å². The van der Waals surface area contributed by atoms with Crippen LogP contribution in [0.3, 0.4) is 0 Å². The van der Waals surface area contributed by atoms with Crippen molar-refractivity contribution in [3.8, 4) is 5.69 Å². The predicted octanol–water partition coefficient (Wildman–Crippen LogP) is 5.52. The molecule has 0 fully saturated rings. The van der Waals surface area contributed by atoms with Crippen molar-refractivity contribution in [2.75, 3.05) is 5.32 Å². The number of halogens is 1. The Kier molecular flexibility index (Phi) is 5.14. The van der Waals surface area contributed by atoms with E-state index in [1.165, 1.54) is 5.56 Å². The van der Waals surface area contributed by atoms with Crippen LogP contribution in [0.1, 0.15) is 46.9 Å². The van der Waals surface area contributed by atoms with Crippen LogP contribution < -0.4 is 5.32 Å². The molecule has 0 unspecified atom stereocenters. The van der Waals surface area contributed by atoms with Crippen molar-refractivity contribution in [3.05, 3.63) is 76.1 Å². The summed E-state index contributed by atoms with van der Waals surface area (Å²) in [5.74, 6) is -0.0440. The van der Waals surface area contributed by atoms with Crippen molar-refractivity contribution in [1.82, 2.24) is 9.78 Å². The van der Waals surface area contributed by atoms with E-state index in [4.69, 9.17) is 11.6 Å². The molecule has 0 saturated carbocycles. The monoisotopic (exact) mass is 367 g/mol. The van der Waals surface area contributed by atoms with Gasteiger partial charge in [0.25, 0.3) is 5.91 Å². The SMILES string of the molecule is Cc1ccc(-n2ncc(C(=O)Nc3cc(Cl)ccc3C)c2C(C)C)cc1. The Balaban J connectivity index is 1.98. The van der Waals surface area contributed by atoms with Crippen molar-refractivity contribution in [1.29, 1.82) is 0 Å². The highest BCUT2D eigenvalue weighted by Crippen LogP contribution is 2.26. The normalized spacial score (nSPS) is 11.0. The minimum atomic E-state index is -0.183. The minimum Gasteiger partial charge on any atom is -0.322 e. The van der Waals surface area contributed by atoms with Gasteiger partial charge in [0.05, 0.1) is 23.1 Å². The van der Waals surface area contributed by atoms with Gasteiger partial charge in [-0.2, -0.15) is 5.10 Å². The third-order valence-corrected chi connectivity index (χ3v) is 4.56. The fourth-order valence-electron chi connectivity index (χ4n) is 2.90. The first-order valence-electron chi connectivity index (χ1n) is 8.59. The third-order valence-electron chi connectivity index (χ3n) is 4.32. The minimum absolute atomic E-state index is 0.139. The number of aromatic nitrogens is 2. The van der Waals surface area contributed by atoms with Gasteiger partial charge in [-0.05, 0) is 49.6 Å². The fourth-order valence-corrected chi connectivity index (χ4v) is 3.07. The lowest BCUT2D eigenvalue weighted by Gasteiger charge is -2.14. The summed E-state index contributed by atoms with van der Waals surface area (Å²) in [6.07, 6.45) is 1.63. The third kappa shape index (κ3) is 3.65. The van der Waals surface area contributed by atoms with Crippen molar-refractivity contribution in [2.45, 2.75) is 33.6 Å². The molecule has 0 radical (unpaired) electrons. The van der Waals surface area contributed by atoms with E-state index in [0.29, 0.717) is 16.3 Å². The Morgan fingerprint density at radius 3 is 2.46 bits per heavy atom. The highest BCUT2D eigenvalue weighted by molar-refractivity contribution is 6.31. The molecule has 4 nitrogen and oxygen atoms in total. The molecule has 2 aromatic carbocycles. The predicted molar refractivity (Wildman–Crippen MR) is 107 cm³/mol. The molecule has 0 atom stereocenters. The van der Waals surface area contributed by atoms with Crippen LogP contribution in [-0.2, 0) is 0 Å². The molecule has 0 aliphatic carbocycles. The Bertz CT molecular complexity index is 942. The molecule has 1 aromatic heterocycles. The van der Waals surface area contributed by atoms with Gasteiger partial charge in [0.1, 0.15) is 0 Å². The molecule has 0 bridgehead atoms. The van der Waals surface area contributed by atoms with Gasteiger partial charge in [0.15, 0.2) is 0 Å². The van der Waals surface area contributed by atoms with Gasteiger partial charge in [0, 0.05) is 10.7 Å². The molecule has 1 amide bonds. The van der Waals surface area contributed by atoms with Gasteiger partial charge in [-0.15, -0.1) is 0 Å². The van der Waals surface area contributed by atoms with Crippen LogP contribution in [0, 0.1) is 13.8 Å². The molecule has 26 heavy (non-hydrogen) atoms. The highest BCUT2D eigenvalue weighted by atomic mass is 35.5. The van der Waals surface area contributed by atoms with E-state index in [1.807, 2.05) is 54.9 Å². The number of aryl methyl sites for hydroxylation is 2. The lowest BCUT2D eigenvalue weighted by atomic mass is 10.0. The number of hydrogen-bond donors (Lipinski definition) is 1. The van der Waals surface area contributed by atoms with E-state index < -0.39 is 0 Å². The number of benzene rings is 2. The van der Waals surface area contributed by atoms with Crippen LogP contribution in [0.25, 0.3) is 5.69 Å². The van der Waals surface area contributed by atoms with Gasteiger partial charge in [-0.3, -0.25) is 4.79 Å². The number of carbonyl (C=O) groups excluding carboxylic acids is 1. The summed E-state index contributed by atoms with van der Waals surface area (Å²) in [4.78, 5) is 12.9. The average molecular weight is 368 g/mol. The van der Waals surface area contributed by atoms with Crippen molar-refractivity contribution in [2.24, 2.45) is 0 Å². The highest BCUT2D eigenvalue weighted by Gasteiger charge is 2.21. The van der Waals surface area contributed by atoms with E-state index in [2.05, 4.69) is 24.3 Å². The lowest BCUT2D eigenvalue weighted by molar-refractivity contribution is 0.102. The number of hydrogen-bond acceptors (Lipinski definition) is 2. The largest absolute Gasteiger partial charge is 0.322 e. The second kappa shape index (κ2) is 7.34. The second-order valence-corrected chi connectivity index (χ2v) is 7.20. The number of anilines is 1. The maximum Gasteiger partial charge on any atom is 0.259 e. The number of nitrogens with one attached hydrogen (secondary N) is 1. The quantitative estimate of drug-likeness (QED) is 0.660. The number of rotatable bonds is 4. The Labute approximate surface area is 158 Å².